The molecule has 1 N–H and O–H groups in total. The van der Waals surface area contributed by atoms with E-state index in [-0.39, 0.29) is 0 Å². The van der Waals surface area contributed by atoms with E-state index >= 15 is 0 Å². The second-order valence-corrected chi connectivity index (χ2v) is 4.85. The smallest absolute Gasteiger partial charge is 0.134 e. The molecule has 0 unspecified atom stereocenters. The highest BCUT2D eigenvalue weighted by molar-refractivity contribution is 14.1. The molecule has 0 amide bonds. The Hall–Kier alpha value is -0.590. The SMILES string of the molecule is CNCc1oc2ccc(I)cc2c1COC. The van der Waals surface area contributed by atoms with Crippen LogP contribution in [0.1, 0.15) is 11.3 Å². The van der Waals surface area contributed by atoms with Crippen molar-refractivity contribution < 1.29 is 9.15 Å². The number of benzene rings is 1. The molecular weight excluding hydrogens is 317 g/mol. The highest BCUT2D eigenvalue weighted by Crippen LogP contribution is 2.28. The standard InChI is InChI=1S/C12H14INO2/c1-14-6-12-10(7-15-2)9-5-8(13)3-4-11(9)16-12/h3-5,14H,6-7H2,1-2H3. The lowest BCUT2D eigenvalue weighted by atomic mass is 10.1. The highest BCUT2D eigenvalue weighted by Gasteiger charge is 2.13. The molecule has 0 aliphatic carbocycles. The summed E-state index contributed by atoms with van der Waals surface area (Å²) < 4.78 is 12.2. The predicted octanol–water partition coefficient (Wildman–Crippen LogP) is 2.90. The Labute approximate surface area is 108 Å². The van der Waals surface area contributed by atoms with Gasteiger partial charge in [0.2, 0.25) is 0 Å². The fourth-order valence-electron chi connectivity index (χ4n) is 1.78. The van der Waals surface area contributed by atoms with Crippen molar-refractivity contribution in [2.24, 2.45) is 0 Å². The van der Waals surface area contributed by atoms with Crippen molar-refractivity contribution in [2.45, 2.75) is 13.2 Å². The summed E-state index contributed by atoms with van der Waals surface area (Å²) in [4.78, 5) is 0. The Morgan fingerprint density at radius 3 is 2.94 bits per heavy atom. The van der Waals surface area contributed by atoms with Crippen molar-refractivity contribution in [3.8, 4) is 0 Å². The minimum atomic E-state index is 0.587. The summed E-state index contributed by atoms with van der Waals surface area (Å²) in [7, 11) is 3.61. The van der Waals surface area contributed by atoms with Gasteiger partial charge in [0.1, 0.15) is 11.3 Å². The summed E-state index contributed by atoms with van der Waals surface area (Å²) in [6.45, 7) is 1.31. The van der Waals surface area contributed by atoms with Gasteiger partial charge in [-0.05, 0) is 47.8 Å². The summed E-state index contributed by atoms with van der Waals surface area (Å²) in [6.07, 6.45) is 0. The zero-order valence-corrected chi connectivity index (χ0v) is 11.5. The van der Waals surface area contributed by atoms with E-state index in [9.17, 15) is 0 Å². The van der Waals surface area contributed by atoms with Gasteiger partial charge in [-0.1, -0.05) is 0 Å². The van der Waals surface area contributed by atoms with Gasteiger partial charge in [0, 0.05) is 21.6 Å². The molecule has 0 saturated heterocycles. The molecule has 0 radical (unpaired) electrons. The molecule has 0 aliphatic heterocycles. The van der Waals surface area contributed by atoms with Gasteiger partial charge in [0.25, 0.3) is 0 Å². The number of nitrogens with one attached hydrogen (secondary N) is 1. The van der Waals surface area contributed by atoms with E-state index in [1.807, 2.05) is 19.2 Å². The van der Waals surface area contributed by atoms with Crippen LogP contribution in [-0.4, -0.2) is 14.2 Å². The van der Waals surface area contributed by atoms with Crippen molar-refractivity contribution in [3.63, 3.8) is 0 Å². The van der Waals surface area contributed by atoms with E-state index in [4.69, 9.17) is 9.15 Å². The zero-order valence-electron chi connectivity index (χ0n) is 9.34. The summed E-state index contributed by atoms with van der Waals surface area (Å²) in [6, 6.07) is 6.19. The third-order valence-electron chi connectivity index (χ3n) is 2.46. The molecule has 16 heavy (non-hydrogen) atoms. The Balaban J connectivity index is 2.57. The molecule has 0 fully saturated rings. The lowest BCUT2D eigenvalue weighted by Gasteiger charge is -2.00. The van der Waals surface area contributed by atoms with E-state index in [1.54, 1.807) is 7.11 Å². The quantitative estimate of drug-likeness (QED) is 0.875. The van der Waals surface area contributed by atoms with Gasteiger partial charge >= 0.3 is 0 Å². The minimum absolute atomic E-state index is 0.587. The Morgan fingerprint density at radius 1 is 1.44 bits per heavy atom. The normalized spacial score (nSPS) is 11.2. The van der Waals surface area contributed by atoms with Crippen molar-refractivity contribution in [3.05, 3.63) is 33.1 Å². The molecule has 2 rings (SSSR count). The monoisotopic (exact) mass is 331 g/mol. The van der Waals surface area contributed by atoms with Gasteiger partial charge < -0.3 is 14.5 Å². The molecule has 2 aromatic rings. The summed E-state index contributed by atoms with van der Waals surface area (Å²) in [5.74, 6) is 0.960. The molecule has 0 atom stereocenters. The first-order valence-electron chi connectivity index (χ1n) is 5.09. The van der Waals surface area contributed by atoms with Crippen LogP contribution in [0.3, 0.4) is 0 Å². The average Bonchev–Trinajstić information content (AvgIpc) is 2.58. The molecule has 1 aromatic carbocycles. The first-order valence-corrected chi connectivity index (χ1v) is 6.17. The van der Waals surface area contributed by atoms with Crippen molar-refractivity contribution in [1.29, 1.82) is 0 Å². The van der Waals surface area contributed by atoms with Crippen LogP contribution < -0.4 is 5.32 Å². The number of ether oxygens (including phenoxy) is 1. The molecule has 0 spiro atoms. The molecule has 0 bridgehead atoms. The maximum Gasteiger partial charge on any atom is 0.134 e. The van der Waals surface area contributed by atoms with E-state index in [1.165, 1.54) is 3.57 Å². The van der Waals surface area contributed by atoms with Crippen LogP contribution in [0.4, 0.5) is 0 Å². The summed E-state index contributed by atoms with van der Waals surface area (Å²) in [5, 5.41) is 4.26. The zero-order chi connectivity index (χ0) is 11.5. The fraction of sp³-hybridized carbons (Fsp3) is 0.333. The number of halogens is 1. The largest absolute Gasteiger partial charge is 0.459 e. The number of fused-ring (bicyclic) bond motifs is 1. The lowest BCUT2D eigenvalue weighted by Crippen LogP contribution is -2.06. The third-order valence-corrected chi connectivity index (χ3v) is 3.13. The second kappa shape index (κ2) is 5.16. The van der Waals surface area contributed by atoms with Crippen LogP contribution in [0.25, 0.3) is 11.0 Å². The number of hydrogen-bond donors (Lipinski definition) is 1. The Kier molecular flexibility index (Phi) is 3.83. The van der Waals surface area contributed by atoms with Crippen molar-refractivity contribution in [2.75, 3.05) is 14.2 Å². The van der Waals surface area contributed by atoms with Crippen LogP contribution in [0.2, 0.25) is 0 Å². The lowest BCUT2D eigenvalue weighted by molar-refractivity contribution is 0.183. The molecule has 86 valence electrons. The van der Waals surface area contributed by atoms with E-state index in [0.29, 0.717) is 6.61 Å². The third kappa shape index (κ3) is 2.23. The molecule has 1 aromatic heterocycles. The van der Waals surface area contributed by atoms with Crippen LogP contribution >= 0.6 is 22.6 Å². The molecule has 4 heteroatoms. The first kappa shape index (κ1) is 11.9. The molecule has 0 saturated carbocycles. The number of rotatable bonds is 4. The van der Waals surface area contributed by atoms with Gasteiger partial charge in [-0.25, -0.2) is 0 Å². The number of methoxy groups -OCH3 is 1. The van der Waals surface area contributed by atoms with Gasteiger partial charge in [0.05, 0.1) is 13.2 Å². The van der Waals surface area contributed by atoms with Crippen molar-refractivity contribution >= 4 is 33.6 Å². The highest BCUT2D eigenvalue weighted by atomic mass is 127. The maximum atomic E-state index is 5.80. The first-order chi connectivity index (χ1) is 7.76. The van der Waals surface area contributed by atoms with Gasteiger partial charge in [-0.2, -0.15) is 0 Å². The molecule has 3 nitrogen and oxygen atoms in total. The van der Waals surface area contributed by atoms with E-state index in [0.717, 1.165) is 28.8 Å². The van der Waals surface area contributed by atoms with E-state index in [2.05, 4.69) is 34.0 Å². The fourth-order valence-corrected chi connectivity index (χ4v) is 2.27. The van der Waals surface area contributed by atoms with Crippen LogP contribution in [0, 0.1) is 3.57 Å². The predicted molar refractivity (Wildman–Crippen MR) is 72.4 cm³/mol. The van der Waals surface area contributed by atoms with Crippen LogP contribution in [-0.2, 0) is 17.9 Å². The van der Waals surface area contributed by atoms with Crippen LogP contribution in [0.15, 0.2) is 22.6 Å². The summed E-state index contributed by atoms with van der Waals surface area (Å²) >= 11 is 2.31. The second-order valence-electron chi connectivity index (χ2n) is 3.61. The number of furan rings is 1. The minimum Gasteiger partial charge on any atom is -0.459 e. The van der Waals surface area contributed by atoms with Gasteiger partial charge in [-0.15, -0.1) is 0 Å². The van der Waals surface area contributed by atoms with Crippen molar-refractivity contribution in [1.82, 2.24) is 5.32 Å². The maximum absolute atomic E-state index is 5.80. The molecule has 1 heterocycles. The Morgan fingerprint density at radius 2 is 2.25 bits per heavy atom. The van der Waals surface area contributed by atoms with Crippen LogP contribution in [0.5, 0.6) is 0 Å². The number of hydrogen-bond acceptors (Lipinski definition) is 3. The average molecular weight is 331 g/mol. The summed E-state index contributed by atoms with van der Waals surface area (Å²) in [5.41, 5.74) is 2.07. The Bertz CT molecular complexity index is 493. The van der Waals surface area contributed by atoms with Gasteiger partial charge in [0.15, 0.2) is 0 Å². The van der Waals surface area contributed by atoms with E-state index < -0.39 is 0 Å². The van der Waals surface area contributed by atoms with Gasteiger partial charge in [-0.3, -0.25) is 0 Å². The molecular formula is C12H14INO2. The topological polar surface area (TPSA) is 34.4 Å². The molecule has 0 aliphatic rings.